The molecule has 2 N–H and O–H groups in total. The number of carboxylic acids is 1. The molecule has 0 bridgehead atoms. The summed E-state index contributed by atoms with van der Waals surface area (Å²) in [6.07, 6.45) is -3.95. The van der Waals surface area contributed by atoms with Gasteiger partial charge in [0.05, 0.1) is 11.5 Å². The lowest BCUT2D eigenvalue weighted by Crippen LogP contribution is -2.24. The fourth-order valence-corrected chi connectivity index (χ4v) is 2.73. The molecule has 0 saturated carbocycles. The van der Waals surface area contributed by atoms with Crippen LogP contribution in [0.1, 0.15) is 40.4 Å². The number of rotatable bonds is 7. The van der Waals surface area contributed by atoms with Gasteiger partial charge in [-0.3, -0.25) is 9.59 Å². The lowest BCUT2D eigenvalue weighted by atomic mass is 9.96. The molecule has 2 aromatic carbocycles. The summed E-state index contributed by atoms with van der Waals surface area (Å²) in [6.45, 7) is 1.36. The minimum Gasteiger partial charge on any atom is -0.481 e. The highest BCUT2D eigenvalue weighted by Gasteiger charge is 2.33. The Bertz CT molecular complexity index is 848. The molecule has 0 saturated heterocycles. The zero-order valence-corrected chi connectivity index (χ0v) is 15.0. The molecule has 0 aliphatic carbocycles. The molecule has 0 fully saturated rings. The quantitative estimate of drug-likeness (QED) is 0.680. The normalized spacial score (nSPS) is 12.5. The van der Waals surface area contributed by atoms with E-state index in [9.17, 15) is 27.2 Å². The van der Waals surface area contributed by atoms with Crippen molar-refractivity contribution in [2.24, 2.45) is 5.92 Å². The maximum absolute atomic E-state index is 13.1. The lowest BCUT2D eigenvalue weighted by Gasteiger charge is -2.14. The van der Waals surface area contributed by atoms with E-state index in [0.717, 1.165) is 17.7 Å². The molecule has 0 aliphatic rings. The van der Waals surface area contributed by atoms with Crippen LogP contribution in [0.2, 0.25) is 0 Å². The number of aliphatic carboxylic acids is 1. The predicted octanol–water partition coefficient (Wildman–Crippen LogP) is 4.43. The summed E-state index contributed by atoms with van der Waals surface area (Å²) < 4.78 is 52.1. The van der Waals surface area contributed by atoms with Crippen LogP contribution in [0, 0.1) is 11.7 Å². The maximum atomic E-state index is 13.1. The third-order valence-electron chi connectivity index (χ3n) is 4.36. The summed E-state index contributed by atoms with van der Waals surface area (Å²) in [5, 5.41) is 11.5. The Morgan fingerprint density at radius 1 is 1.11 bits per heavy atom. The molecule has 2 rings (SSSR count). The monoisotopic (exact) mass is 397 g/mol. The van der Waals surface area contributed by atoms with Crippen LogP contribution in [-0.4, -0.2) is 17.0 Å². The minimum absolute atomic E-state index is 0.225. The molecule has 0 radical (unpaired) electrons. The topological polar surface area (TPSA) is 66.4 Å². The Balaban J connectivity index is 2.05. The van der Waals surface area contributed by atoms with E-state index in [1.54, 1.807) is 19.1 Å². The van der Waals surface area contributed by atoms with Crippen molar-refractivity contribution >= 4 is 11.9 Å². The SMILES string of the molecule is CCC(Cc1ccc(C(=O)NCc2ccc(F)cc2C(F)(F)F)cc1)C(=O)O. The van der Waals surface area contributed by atoms with Crippen molar-refractivity contribution in [3.63, 3.8) is 0 Å². The number of amides is 1. The standard InChI is InChI=1S/C20H19F4NO3/c1-2-13(19(27)28)9-12-3-5-14(6-4-12)18(26)25-11-15-7-8-16(21)10-17(15)20(22,23)24/h3-8,10,13H,2,9,11H2,1H3,(H,25,26)(H,27,28). The van der Waals surface area contributed by atoms with Crippen molar-refractivity contribution in [3.8, 4) is 0 Å². The smallest absolute Gasteiger partial charge is 0.416 e. The molecule has 4 nitrogen and oxygen atoms in total. The molecule has 0 aromatic heterocycles. The molecule has 0 heterocycles. The number of halogens is 4. The van der Waals surface area contributed by atoms with Crippen molar-refractivity contribution in [2.45, 2.75) is 32.5 Å². The fourth-order valence-electron chi connectivity index (χ4n) is 2.73. The number of hydrogen-bond donors (Lipinski definition) is 2. The number of carboxylic acid groups (broad SMARTS) is 1. The highest BCUT2D eigenvalue weighted by molar-refractivity contribution is 5.94. The highest BCUT2D eigenvalue weighted by Crippen LogP contribution is 2.32. The molecule has 2 aromatic rings. The van der Waals surface area contributed by atoms with E-state index in [-0.39, 0.29) is 11.1 Å². The van der Waals surface area contributed by atoms with Gasteiger partial charge in [0.15, 0.2) is 0 Å². The van der Waals surface area contributed by atoms with Crippen LogP contribution in [0.15, 0.2) is 42.5 Å². The molecule has 28 heavy (non-hydrogen) atoms. The van der Waals surface area contributed by atoms with E-state index >= 15 is 0 Å². The van der Waals surface area contributed by atoms with Crippen molar-refractivity contribution in [1.82, 2.24) is 5.32 Å². The Kier molecular flexibility index (Phi) is 6.77. The van der Waals surface area contributed by atoms with Crippen LogP contribution in [0.3, 0.4) is 0 Å². The number of alkyl halides is 3. The van der Waals surface area contributed by atoms with Crippen LogP contribution in [0.4, 0.5) is 17.6 Å². The van der Waals surface area contributed by atoms with E-state index in [1.807, 2.05) is 0 Å². The molecular weight excluding hydrogens is 378 g/mol. The molecule has 150 valence electrons. The Labute approximate surface area is 159 Å². The van der Waals surface area contributed by atoms with Gasteiger partial charge < -0.3 is 10.4 Å². The number of nitrogens with one attached hydrogen (secondary N) is 1. The summed E-state index contributed by atoms with van der Waals surface area (Å²) in [7, 11) is 0. The van der Waals surface area contributed by atoms with Crippen LogP contribution >= 0.6 is 0 Å². The van der Waals surface area contributed by atoms with E-state index in [0.29, 0.717) is 18.9 Å². The number of carbonyl (C=O) groups excluding carboxylic acids is 1. The van der Waals surface area contributed by atoms with Gasteiger partial charge in [0.25, 0.3) is 5.91 Å². The Hall–Kier alpha value is -2.90. The lowest BCUT2D eigenvalue weighted by molar-refractivity contribution is -0.142. The zero-order chi connectivity index (χ0) is 20.9. The van der Waals surface area contributed by atoms with Gasteiger partial charge in [0.1, 0.15) is 5.82 Å². The first-order chi connectivity index (χ1) is 13.1. The average molecular weight is 397 g/mol. The van der Waals surface area contributed by atoms with E-state index in [1.165, 1.54) is 12.1 Å². The van der Waals surface area contributed by atoms with E-state index in [2.05, 4.69) is 5.32 Å². The molecule has 0 aliphatic heterocycles. The summed E-state index contributed by atoms with van der Waals surface area (Å²) in [5.74, 6) is -3.03. The molecule has 1 unspecified atom stereocenters. The van der Waals surface area contributed by atoms with Crippen molar-refractivity contribution < 1.29 is 32.3 Å². The molecule has 8 heteroatoms. The summed E-state index contributed by atoms with van der Waals surface area (Å²) >= 11 is 0. The second kappa shape index (κ2) is 8.86. The van der Waals surface area contributed by atoms with E-state index in [4.69, 9.17) is 5.11 Å². The zero-order valence-electron chi connectivity index (χ0n) is 15.0. The summed E-state index contributed by atoms with van der Waals surface area (Å²) in [6, 6.07) is 8.46. The summed E-state index contributed by atoms with van der Waals surface area (Å²) in [4.78, 5) is 23.3. The second-order valence-corrected chi connectivity index (χ2v) is 6.33. The Morgan fingerprint density at radius 3 is 2.29 bits per heavy atom. The highest BCUT2D eigenvalue weighted by atomic mass is 19.4. The molecule has 0 spiro atoms. The second-order valence-electron chi connectivity index (χ2n) is 6.33. The molecule has 1 atom stereocenters. The third kappa shape index (κ3) is 5.55. The van der Waals surface area contributed by atoms with Gasteiger partial charge in [-0.25, -0.2) is 4.39 Å². The molecular formula is C20H19F4NO3. The minimum atomic E-state index is -4.73. The fraction of sp³-hybridized carbons (Fsp3) is 0.300. The van der Waals surface area contributed by atoms with Gasteiger partial charge in [0.2, 0.25) is 0 Å². The van der Waals surface area contributed by atoms with Gasteiger partial charge >= 0.3 is 12.1 Å². The largest absolute Gasteiger partial charge is 0.481 e. The first kappa shape index (κ1) is 21.4. The van der Waals surface area contributed by atoms with Crippen molar-refractivity contribution in [2.75, 3.05) is 0 Å². The third-order valence-corrected chi connectivity index (χ3v) is 4.36. The van der Waals surface area contributed by atoms with Crippen LogP contribution in [-0.2, 0) is 23.9 Å². The number of carbonyl (C=O) groups is 2. The summed E-state index contributed by atoms with van der Waals surface area (Å²) in [5.41, 5.74) is -0.417. The molecule has 1 amide bonds. The van der Waals surface area contributed by atoms with Crippen LogP contribution in [0.25, 0.3) is 0 Å². The van der Waals surface area contributed by atoms with Crippen molar-refractivity contribution in [1.29, 1.82) is 0 Å². The average Bonchev–Trinajstić information content (AvgIpc) is 2.64. The van der Waals surface area contributed by atoms with Gasteiger partial charge in [-0.1, -0.05) is 25.1 Å². The van der Waals surface area contributed by atoms with Crippen LogP contribution < -0.4 is 5.32 Å². The van der Waals surface area contributed by atoms with Gasteiger partial charge in [-0.2, -0.15) is 13.2 Å². The number of benzene rings is 2. The van der Waals surface area contributed by atoms with Crippen LogP contribution in [0.5, 0.6) is 0 Å². The Morgan fingerprint density at radius 2 is 1.75 bits per heavy atom. The predicted molar refractivity (Wildman–Crippen MR) is 94.1 cm³/mol. The van der Waals surface area contributed by atoms with Gasteiger partial charge in [-0.05, 0) is 48.2 Å². The van der Waals surface area contributed by atoms with Crippen molar-refractivity contribution in [3.05, 3.63) is 70.5 Å². The number of hydrogen-bond acceptors (Lipinski definition) is 2. The van der Waals surface area contributed by atoms with Gasteiger partial charge in [-0.15, -0.1) is 0 Å². The van der Waals surface area contributed by atoms with Gasteiger partial charge in [0, 0.05) is 12.1 Å². The van der Waals surface area contributed by atoms with E-state index < -0.39 is 41.9 Å². The maximum Gasteiger partial charge on any atom is 0.416 e. The first-order valence-electron chi connectivity index (χ1n) is 8.57. The first-order valence-corrected chi connectivity index (χ1v) is 8.57.